The summed E-state index contributed by atoms with van der Waals surface area (Å²) in [7, 11) is 1.61. The lowest BCUT2D eigenvalue weighted by Gasteiger charge is -2.11. The van der Waals surface area contributed by atoms with Gasteiger partial charge in [0.2, 0.25) is 5.69 Å². The topological polar surface area (TPSA) is 90.6 Å². The van der Waals surface area contributed by atoms with Crippen LogP contribution < -0.4 is 10.1 Å². The Morgan fingerprint density at radius 2 is 2.04 bits per heavy atom. The first-order valence-corrected chi connectivity index (χ1v) is 8.43. The van der Waals surface area contributed by atoms with Crippen molar-refractivity contribution >= 4 is 34.0 Å². The molecule has 27 heavy (non-hydrogen) atoms. The molecule has 0 saturated carbocycles. The van der Waals surface area contributed by atoms with Crippen molar-refractivity contribution in [2.75, 3.05) is 19.0 Å². The Morgan fingerprint density at radius 1 is 1.19 bits per heavy atom. The van der Waals surface area contributed by atoms with Crippen LogP contribution in [0.3, 0.4) is 0 Å². The summed E-state index contributed by atoms with van der Waals surface area (Å²) in [5.74, 6) is 0.755. The van der Waals surface area contributed by atoms with Crippen LogP contribution >= 0.6 is 0 Å². The van der Waals surface area contributed by atoms with Crippen LogP contribution in [-0.4, -0.2) is 39.5 Å². The molecule has 0 spiro atoms. The van der Waals surface area contributed by atoms with E-state index in [2.05, 4.69) is 20.6 Å². The first kappa shape index (κ1) is 16.8. The van der Waals surface area contributed by atoms with Gasteiger partial charge in [0.25, 0.3) is 0 Å². The number of rotatable bonds is 5. The number of nitrogens with one attached hydrogen (secondary N) is 1. The van der Waals surface area contributed by atoms with Gasteiger partial charge in [-0.3, -0.25) is 0 Å². The second kappa shape index (κ2) is 6.91. The van der Waals surface area contributed by atoms with Crippen LogP contribution in [0, 0.1) is 0 Å². The molecule has 2 heterocycles. The van der Waals surface area contributed by atoms with Crippen LogP contribution in [0.25, 0.3) is 16.6 Å². The number of para-hydroxylation sites is 1. The normalized spacial score (nSPS) is 10.9. The minimum absolute atomic E-state index is 0.0799. The number of esters is 1. The third-order valence-electron chi connectivity index (χ3n) is 4.05. The Morgan fingerprint density at radius 3 is 2.85 bits per heavy atom. The standard InChI is InChI=1S/C19H17N5O3/c1-3-27-19(25)16-18-21-17(20-12-7-6-8-13(11-12)26-2)14-9-4-5-10-15(14)24(18)23-22-16/h4-11H,3H2,1-2H3,(H,20,21). The summed E-state index contributed by atoms with van der Waals surface area (Å²) < 4.78 is 11.9. The zero-order valence-corrected chi connectivity index (χ0v) is 14.8. The minimum atomic E-state index is -0.553. The highest BCUT2D eigenvalue weighted by molar-refractivity contribution is 5.98. The van der Waals surface area contributed by atoms with Crippen LogP contribution in [0.1, 0.15) is 17.4 Å². The summed E-state index contributed by atoms with van der Waals surface area (Å²) in [6.07, 6.45) is 0. The van der Waals surface area contributed by atoms with Crippen molar-refractivity contribution in [3.8, 4) is 5.75 Å². The summed E-state index contributed by atoms with van der Waals surface area (Å²) >= 11 is 0. The highest BCUT2D eigenvalue weighted by Gasteiger charge is 2.20. The van der Waals surface area contributed by atoms with Crippen molar-refractivity contribution < 1.29 is 14.3 Å². The van der Waals surface area contributed by atoms with Crippen molar-refractivity contribution in [2.45, 2.75) is 6.92 Å². The largest absolute Gasteiger partial charge is 0.497 e. The molecule has 8 heteroatoms. The van der Waals surface area contributed by atoms with Gasteiger partial charge in [0.1, 0.15) is 11.6 Å². The summed E-state index contributed by atoms with van der Waals surface area (Å²) in [6.45, 7) is 1.99. The molecule has 0 aliphatic rings. The molecule has 0 saturated heterocycles. The van der Waals surface area contributed by atoms with E-state index in [1.165, 1.54) is 0 Å². The number of hydrogen-bond donors (Lipinski definition) is 1. The van der Waals surface area contributed by atoms with E-state index in [1.807, 2.05) is 48.5 Å². The van der Waals surface area contributed by atoms with E-state index in [9.17, 15) is 4.79 Å². The number of ether oxygens (including phenoxy) is 2. The number of nitrogens with zero attached hydrogens (tertiary/aromatic N) is 4. The van der Waals surface area contributed by atoms with E-state index in [1.54, 1.807) is 18.5 Å². The third kappa shape index (κ3) is 3.01. The molecule has 8 nitrogen and oxygen atoms in total. The summed E-state index contributed by atoms with van der Waals surface area (Å²) in [6, 6.07) is 15.1. The van der Waals surface area contributed by atoms with Gasteiger partial charge in [0.15, 0.2) is 5.65 Å². The molecule has 0 aliphatic heterocycles. The first-order chi connectivity index (χ1) is 13.2. The molecule has 0 radical (unpaired) electrons. The van der Waals surface area contributed by atoms with Gasteiger partial charge in [0, 0.05) is 17.1 Å². The van der Waals surface area contributed by atoms with Gasteiger partial charge in [-0.15, -0.1) is 5.10 Å². The zero-order valence-electron chi connectivity index (χ0n) is 14.8. The average Bonchev–Trinajstić information content (AvgIpc) is 3.13. The molecule has 0 bridgehead atoms. The van der Waals surface area contributed by atoms with Gasteiger partial charge in [0.05, 0.1) is 19.2 Å². The lowest BCUT2D eigenvalue weighted by atomic mass is 10.2. The number of aromatic nitrogens is 4. The predicted octanol–water partition coefficient (Wildman–Crippen LogP) is 3.21. The lowest BCUT2D eigenvalue weighted by Crippen LogP contribution is -2.07. The maximum Gasteiger partial charge on any atom is 0.362 e. The summed E-state index contributed by atoms with van der Waals surface area (Å²) in [4.78, 5) is 16.8. The predicted molar refractivity (Wildman–Crippen MR) is 101 cm³/mol. The summed E-state index contributed by atoms with van der Waals surface area (Å²) in [5, 5.41) is 12.2. The van der Waals surface area contributed by atoms with E-state index in [4.69, 9.17) is 9.47 Å². The maximum absolute atomic E-state index is 12.2. The van der Waals surface area contributed by atoms with Crippen molar-refractivity contribution in [2.24, 2.45) is 0 Å². The Kier molecular flexibility index (Phi) is 4.29. The molecule has 1 N–H and O–H groups in total. The number of hydrogen-bond acceptors (Lipinski definition) is 7. The van der Waals surface area contributed by atoms with Crippen molar-refractivity contribution in [1.82, 2.24) is 19.8 Å². The van der Waals surface area contributed by atoms with Gasteiger partial charge < -0.3 is 14.8 Å². The van der Waals surface area contributed by atoms with Crippen LogP contribution in [0.4, 0.5) is 11.5 Å². The van der Waals surface area contributed by atoms with E-state index >= 15 is 0 Å². The SMILES string of the molecule is CCOC(=O)c1nnn2c1nc(Nc1cccc(OC)c1)c1ccccc12. The Labute approximate surface area is 154 Å². The number of benzene rings is 2. The van der Waals surface area contributed by atoms with Crippen molar-refractivity contribution in [3.63, 3.8) is 0 Å². The monoisotopic (exact) mass is 363 g/mol. The smallest absolute Gasteiger partial charge is 0.362 e. The molecule has 2 aromatic carbocycles. The van der Waals surface area contributed by atoms with E-state index in [-0.39, 0.29) is 12.3 Å². The second-order valence-corrected chi connectivity index (χ2v) is 5.73. The maximum atomic E-state index is 12.2. The van der Waals surface area contributed by atoms with Crippen LogP contribution in [0.5, 0.6) is 5.75 Å². The molecule has 4 rings (SSSR count). The Balaban J connectivity index is 1.89. The number of fused-ring (bicyclic) bond motifs is 3. The van der Waals surface area contributed by atoms with E-state index in [0.717, 1.165) is 22.3 Å². The van der Waals surface area contributed by atoms with Crippen LogP contribution in [0.2, 0.25) is 0 Å². The lowest BCUT2D eigenvalue weighted by molar-refractivity contribution is 0.0521. The van der Waals surface area contributed by atoms with E-state index < -0.39 is 5.97 Å². The zero-order chi connectivity index (χ0) is 18.8. The molecule has 0 atom stereocenters. The minimum Gasteiger partial charge on any atom is -0.497 e. The molecular weight excluding hydrogens is 346 g/mol. The Bertz CT molecular complexity index is 1140. The molecule has 4 aromatic rings. The van der Waals surface area contributed by atoms with E-state index in [0.29, 0.717) is 11.5 Å². The highest BCUT2D eigenvalue weighted by Crippen LogP contribution is 2.28. The molecule has 0 unspecified atom stereocenters. The summed E-state index contributed by atoms with van der Waals surface area (Å²) in [5.41, 5.74) is 1.99. The van der Waals surface area contributed by atoms with Crippen LogP contribution in [-0.2, 0) is 4.74 Å². The quantitative estimate of drug-likeness (QED) is 0.544. The van der Waals surface area contributed by atoms with Gasteiger partial charge in [-0.1, -0.05) is 23.4 Å². The van der Waals surface area contributed by atoms with Crippen molar-refractivity contribution in [3.05, 3.63) is 54.2 Å². The Hall–Kier alpha value is -3.68. The number of methoxy groups -OCH3 is 1. The first-order valence-electron chi connectivity index (χ1n) is 8.43. The average molecular weight is 363 g/mol. The molecular formula is C19H17N5O3. The number of carbonyl (C=O) groups is 1. The second-order valence-electron chi connectivity index (χ2n) is 5.73. The fourth-order valence-corrected chi connectivity index (χ4v) is 2.83. The molecule has 0 aliphatic carbocycles. The third-order valence-corrected chi connectivity index (χ3v) is 4.05. The fourth-order valence-electron chi connectivity index (χ4n) is 2.83. The highest BCUT2D eigenvalue weighted by atomic mass is 16.5. The van der Waals surface area contributed by atoms with Gasteiger partial charge >= 0.3 is 5.97 Å². The molecule has 2 aromatic heterocycles. The number of anilines is 2. The molecule has 136 valence electrons. The van der Waals surface area contributed by atoms with Gasteiger partial charge in [-0.25, -0.2) is 9.78 Å². The molecule has 0 amide bonds. The number of carbonyl (C=O) groups excluding carboxylic acids is 1. The van der Waals surface area contributed by atoms with Crippen molar-refractivity contribution in [1.29, 1.82) is 0 Å². The van der Waals surface area contributed by atoms with Gasteiger partial charge in [-0.05, 0) is 31.2 Å². The van der Waals surface area contributed by atoms with Crippen LogP contribution in [0.15, 0.2) is 48.5 Å². The molecule has 0 fully saturated rings. The van der Waals surface area contributed by atoms with Gasteiger partial charge in [-0.2, -0.15) is 4.52 Å². The fraction of sp³-hybridized carbons (Fsp3) is 0.158.